The summed E-state index contributed by atoms with van der Waals surface area (Å²) in [4.78, 5) is 9.95. The molecule has 6 rings (SSSR count). The molecule has 0 radical (unpaired) electrons. The summed E-state index contributed by atoms with van der Waals surface area (Å²) in [5, 5.41) is 23.9. The number of hydrogen-bond donors (Lipinski definition) is 4. The Morgan fingerprint density at radius 1 is 0.540 bits per heavy atom. The van der Waals surface area contributed by atoms with Gasteiger partial charge in [0.2, 0.25) is 0 Å². The van der Waals surface area contributed by atoms with Crippen molar-refractivity contribution < 1.29 is 0 Å². The molecule has 262 valence electrons. The lowest BCUT2D eigenvalue weighted by Gasteiger charge is -2.18. The van der Waals surface area contributed by atoms with E-state index in [2.05, 4.69) is 134 Å². The van der Waals surface area contributed by atoms with Gasteiger partial charge in [-0.25, -0.2) is 9.97 Å². The standard InChI is InChI=1S/C40H52N10/c1-27(2)33-25-43-49-37(45-29(5)31-17-11-9-12-18-31)23-35(47-39(33)49)41-21-15-7-8-16-22-42-36-24-38(46-30(6)32-19-13-10-14-20-32)50-40(48-36)34(26-44-50)28(3)4/h9-14,17-20,23-30,45-46H,7-8,15-16,21-22H2,1-6H3,(H,41,47)(H,42,48)/t29-,30-/m0/s1. The molecule has 2 aromatic carbocycles. The Morgan fingerprint density at radius 2 is 0.940 bits per heavy atom. The molecule has 0 spiro atoms. The van der Waals surface area contributed by atoms with Crippen LogP contribution in [0.2, 0.25) is 0 Å². The second kappa shape index (κ2) is 16.1. The van der Waals surface area contributed by atoms with Crippen LogP contribution in [0.1, 0.15) is 113 Å². The third-order valence-corrected chi connectivity index (χ3v) is 9.29. The Balaban J connectivity index is 1.03. The second-order valence-corrected chi connectivity index (χ2v) is 13.9. The smallest absolute Gasteiger partial charge is 0.163 e. The molecule has 0 fully saturated rings. The molecule has 0 bridgehead atoms. The van der Waals surface area contributed by atoms with Crippen LogP contribution >= 0.6 is 0 Å². The molecule has 0 aliphatic rings. The first-order valence-electron chi connectivity index (χ1n) is 18.2. The first-order chi connectivity index (χ1) is 24.3. The van der Waals surface area contributed by atoms with Crippen molar-refractivity contribution in [2.24, 2.45) is 0 Å². The van der Waals surface area contributed by atoms with Gasteiger partial charge in [-0.3, -0.25) is 0 Å². The molecule has 4 heterocycles. The van der Waals surface area contributed by atoms with Gasteiger partial charge in [-0.1, -0.05) is 101 Å². The molecule has 0 amide bonds. The van der Waals surface area contributed by atoms with Crippen LogP contribution < -0.4 is 21.3 Å². The largest absolute Gasteiger partial charge is 0.370 e. The van der Waals surface area contributed by atoms with Crippen molar-refractivity contribution in [1.29, 1.82) is 0 Å². The lowest BCUT2D eigenvalue weighted by atomic mass is 10.1. The average Bonchev–Trinajstić information content (AvgIpc) is 3.76. The zero-order valence-corrected chi connectivity index (χ0v) is 30.3. The molecule has 4 aromatic heterocycles. The monoisotopic (exact) mass is 672 g/mol. The van der Waals surface area contributed by atoms with Gasteiger partial charge in [-0.15, -0.1) is 0 Å². The number of anilines is 4. The molecule has 0 unspecified atom stereocenters. The molecule has 0 aliphatic heterocycles. The maximum absolute atomic E-state index is 4.98. The van der Waals surface area contributed by atoms with Crippen LogP contribution in [-0.4, -0.2) is 42.3 Å². The van der Waals surface area contributed by atoms with Gasteiger partial charge >= 0.3 is 0 Å². The highest BCUT2D eigenvalue weighted by Gasteiger charge is 2.17. The summed E-state index contributed by atoms with van der Waals surface area (Å²) in [5.41, 5.74) is 6.54. The van der Waals surface area contributed by atoms with Crippen molar-refractivity contribution in [2.75, 3.05) is 34.4 Å². The maximum atomic E-state index is 4.98. The first-order valence-corrected chi connectivity index (χ1v) is 18.2. The van der Waals surface area contributed by atoms with Crippen LogP contribution in [0.4, 0.5) is 23.3 Å². The number of benzene rings is 2. The van der Waals surface area contributed by atoms with Crippen molar-refractivity contribution in [1.82, 2.24) is 29.2 Å². The van der Waals surface area contributed by atoms with E-state index in [4.69, 9.17) is 9.97 Å². The number of unbranched alkanes of at least 4 members (excludes halogenated alkanes) is 3. The van der Waals surface area contributed by atoms with Crippen LogP contribution in [0.3, 0.4) is 0 Å². The highest BCUT2D eigenvalue weighted by molar-refractivity contribution is 5.62. The summed E-state index contributed by atoms with van der Waals surface area (Å²) in [7, 11) is 0. The van der Waals surface area contributed by atoms with Crippen LogP contribution in [0.5, 0.6) is 0 Å². The number of nitrogens with zero attached hydrogens (tertiary/aromatic N) is 6. The number of aromatic nitrogens is 6. The highest BCUT2D eigenvalue weighted by atomic mass is 15.3. The van der Waals surface area contributed by atoms with E-state index in [9.17, 15) is 0 Å². The minimum atomic E-state index is 0.130. The van der Waals surface area contributed by atoms with Crippen molar-refractivity contribution in [3.8, 4) is 0 Å². The molecule has 4 N–H and O–H groups in total. The number of rotatable bonds is 17. The Labute approximate surface area is 296 Å². The fourth-order valence-electron chi connectivity index (χ4n) is 6.29. The maximum Gasteiger partial charge on any atom is 0.163 e. The van der Waals surface area contributed by atoms with Gasteiger partial charge in [0.1, 0.15) is 23.3 Å². The van der Waals surface area contributed by atoms with E-state index < -0.39 is 0 Å². The number of hydrogen-bond acceptors (Lipinski definition) is 8. The van der Waals surface area contributed by atoms with Crippen LogP contribution in [-0.2, 0) is 0 Å². The van der Waals surface area contributed by atoms with E-state index >= 15 is 0 Å². The van der Waals surface area contributed by atoms with E-state index in [-0.39, 0.29) is 12.1 Å². The van der Waals surface area contributed by atoms with Crippen LogP contribution in [0.15, 0.2) is 85.2 Å². The first kappa shape index (κ1) is 34.7. The van der Waals surface area contributed by atoms with E-state index in [0.717, 1.165) is 84.5 Å². The second-order valence-electron chi connectivity index (χ2n) is 13.9. The van der Waals surface area contributed by atoms with E-state index in [1.807, 2.05) is 33.6 Å². The summed E-state index contributed by atoms with van der Waals surface area (Å²) < 4.78 is 3.86. The molecule has 0 saturated carbocycles. The van der Waals surface area contributed by atoms with Gasteiger partial charge in [0, 0.05) is 48.4 Å². The fraction of sp³-hybridized carbons (Fsp3) is 0.400. The molecular formula is C40H52N10. The Bertz CT molecular complexity index is 1820. The molecule has 10 nitrogen and oxygen atoms in total. The number of fused-ring (bicyclic) bond motifs is 2. The molecular weight excluding hydrogens is 621 g/mol. The lowest BCUT2D eigenvalue weighted by molar-refractivity contribution is 0.669. The molecule has 10 heteroatoms. The average molecular weight is 673 g/mol. The van der Waals surface area contributed by atoms with Gasteiger partial charge in [0.05, 0.1) is 12.4 Å². The summed E-state index contributed by atoms with van der Waals surface area (Å²) >= 11 is 0. The summed E-state index contributed by atoms with van der Waals surface area (Å²) in [6.45, 7) is 14.8. The van der Waals surface area contributed by atoms with E-state index in [1.54, 1.807) is 0 Å². The van der Waals surface area contributed by atoms with E-state index in [0.29, 0.717) is 11.8 Å². The number of nitrogens with one attached hydrogen (secondary N) is 4. The Hall–Kier alpha value is -5.12. The normalized spacial score (nSPS) is 12.9. The fourth-order valence-corrected chi connectivity index (χ4v) is 6.29. The minimum Gasteiger partial charge on any atom is -0.370 e. The summed E-state index contributed by atoms with van der Waals surface area (Å²) in [5.74, 6) is 4.28. The van der Waals surface area contributed by atoms with Crippen molar-refractivity contribution in [2.45, 2.75) is 91.1 Å². The SMILES string of the molecule is CC(C)c1cnn2c(N[C@@H](C)c3ccccc3)cc(NCCCCCCNc3cc(N[C@@H](C)c4ccccc4)n4ncc(C(C)C)c4n3)nc12. The third-order valence-electron chi connectivity index (χ3n) is 9.29. The predicted molar refractivity (Wildman–Crippen MR) is 207 cm³/mol. The topological polar surface area (TPSA) is 108 Å². The summed E-state index contributed by atoms with van der Waals surface area (Å²) in [6, 6.07) is 25.4. The zero-order chi connectivity index (χ0) is 35.0. The Kier molecular flexibility index (Phi) is 11.2. The van der Waals surface area contributed by atoms with Crippen molar-refractivity contribution in [3.05, 3.63) is 107 Å². The third kappa shape index (κ3) is 8.18. The van der Waals surface area contributed by atoms with Gasteiger partial charge in [0.15, 0.2) is 11.3 Å². The van der Waals surface area contributed by atoms with Gasteiger partial charge < -0.3 is 21.3 Å². The quantitative estimate of drug-likeness (QED) is 0.0710. The molecule has 50 heavy (non-hydrogen) atoms. The minimum absolute atomic E-state index is 0.130. The lowest BCUT2D eigenvalue weighted by Crippen LogP contribution is -2.13. The molecule has 0 saturated heterocycles. The van der Waals surface area contributed by atoms with Crippen molar-refractivity contribution >= 4 is 34.6 Å². The molecule has 6 aromatic rings. The van der Waals surface area contributed by atoms with Gasteiger partial charge in [0.25, 0.3) is 0 Å². The van der Waals surface area contributed by atoms with Crippen molar-refractivity contribution in [3.63, 3.8) is 0 Å². The molecule has 0 aliphatic carbocycles. The van der Waals surface area contributed by atoms with Crippen LogP contribution in [0, 0.1) is 0 Å². The summed E-state index contributed by atoms with van der Waals surface area (Å²) in [6.07, 6.45) is 8.28. The highest BCUT2D eigenvalue weighted by Crippen LogP contribution is 2.28. The van der Waals surface area contributed by atoms with Crippen LogP contribution in [0.25, 0.3) is 11.3 Å². The van der Waals surface area contributed by atoms with Gasteiger partial charge in [-0.05, 0) is 49.7 Å². The van der Waals surface area contributed by atoms with Gasteiger partial charge in [-0.2, -0.15) is 19.2 Å². The predicted octanol–water partition coefficient (Wildman–Crippen LogP) is 9.45. The zero-order valence-electron chi connectivity index (χ0n) is 30.3. The Morgan fingerprint density at radius 3 is 1.32 bits per heavy atom. The molecule has 2 atom stereocenters. The van der Waals surface area contributed by atoms with E-state index in [1.165, 1.54) is 11.1 Å².